The summed E-state index contributed by atoms with van der Waals surface area (Å²) in [5.74, 6) is -0.0424. The van der Waals surface area contributed by atoms with E-state index in [-0.39, 0.29) is 5.91 Å². The predicted molar refractivity (Wildman–Crippen MR) is 127 cm³/mol. The molecular formula is C28H24N2O2. The van der Waals surface area contributed by atoms with Crippen molar-refractivity contribution in [2.24, 2.45) is 0 Å². The van der Waals surface area contributed by atoms with Crippen LogP contribution in [0, 0.1) is 13.8 Å². The average Bonchev–Trinajstić information content (AvgIpc) is 3.11. The van der Waals surface area contributed by atoms with Crippen molar-refractivity contribution in [1.29, 1.82) is 0 Å². The fraction of sp³-hybridized carbons (Fsp3) is 0.143. The molecule has 1 aromatic heterocycles. The van der Waals surface area contributed by atoms with Gasteiger partial charge in [-0.15, -0.1) is 0 Å². The lowest BCUT2D eigenvalue weighted by atomic mass is 9.95. The van der Waals surface area contributed by atoms with Crippen molar-refractivity contribution in [3.63, 3.8) is 0 Å². The summed E-state index contributed by atoms with van der Waals surface area (Å²) in [6.45, 7) is 5.14. The van der Waals surface area contributed by atoms with Gasteiger partial charge >= 0.3 is 0 Å². The Morgan fingerprint density at radius 3 is 2.34 bits per heavy atom. The van der Waals surface area contributed by atoms with E-state index in [0.717, 1.165) is 34.4 Å². The second-order valence-corrected chi connectivity index (χ2v) is 8.32. The molecule has 0 fully saturated rings. The molecule has 4 heteroatoms. The number of anilines is 1. The number of carbonyl (C=O) groups is 2. The van der Waals surface area contributed by atoms with E-state index in [0.29, 0.717) is 24.3 Å². The zero-order valence-electron chi connectivity index (χ0n) is 18.2. The summed E-state index contributed by atoms with van der Waals surface area (Å²) < 4.78 is 1.99. The number of hydrogen-bond donors (Lipinski definition) is 0. The molecule has 158 valence electrons. The van der Waals surface area contributed by atoms with Gasteiger partial charge in [-0.05, 0) is 72.0 Å². The average molecular weight is 421 g/mol. The molecule has 0 radical (unpaired) electrons. The maximum Gasteiger partial charge on any atom is 0.258 e. The molecule has 32 heavy (non-hydrogen) atoms. The van der Waals surface area contributed by atoms with Gasteiger partial charge in [-0.3, -0.25) is 9.59 Å². The molecule has 0 N–H and O–H groups in total. The highest BCUT2D eigenvalue weighted by molar-refractivity contribution is 6.07. The summed E-state index contributed by atoms with van der Waals surface area (Å²) in [6.07, 6.45) is 0.872. The number of carbonyl (C=O) groups excluding carboxylic acids is 2. The fourth-order valence-electron chi connectivity index (χ4n) is 4.60. The summed E-state index contributed by atoms with van der Waals surface area (Å²) >= 11 is 0. The number of nitrogens with zero attached hydrogens (tertiary/aromatic N) is 2. The van der Waals surface area contributed by atoms with Crippen LogP contribution in [-0.2, 0) is 13.1 Å². The van der Waals surface area contributed by atoms with E-state index in [1.54, 1.807) is 0 Å². The van der Waals surface area contributed by atoms with E-state index in [1.165, 1.54) is 11.1 Å². The summed E-state index contributed by atoms with van der Waals surface area (Å²) in [5.41, 5.74) is 8.75. The van der Waals surface area contributed by atoms with Crippen molar-refractivity contribution in [1.82, 2.24) is 4.57 Å². The maximum absolute atomic E-state index is 13.7. The molecule has 0 saturated carbocycles. The Labute approximate surface area is 187 Å². The van der Waals surface area contributed by atoms with E-state index in [1.807, 2.05) is 76.2 Å². The van der Waals surface area contributed by atoms with Crippen LogP contribution in [0.2, 0.25) is 0 Å². The Morgan fingerprint density at radius 2 is 1.56 bits per heavy atom. The van der Waals surface area contributed by atoms with Crippen LogP contribution in [0.4, 0.5) is 5.69 Å². The Balaban J connectivity index is 1.56. The molecule has 0 bridgehead atoms. The Morgan fingerprint density at radius 1 is 0.812 bits per heavy atom. The van der Waals surface area contributed by atoms with Crippen molar-refractivity contribution in [2.75, 3.05) is 4.90 Å². The summed E-state index contributed by atoms with van der Waals surface area (Å²) in [5, 5.41) is 0. The number of hydrogen-bond acceptors (Lipinski definition) is 2. The number of aromatic nitrogens is 1. The summed E-state index contributed by atoms with van der Waals surface area (Å²) in [7, 11) is 0. The minimum absolute atomic E-state index is 0.0424. The van der Waals surface area contributed by atoms with E-state index in [9.17, 15) is 9.59 Å². The molecule has 1 aliphatic heterocycles. The number of fused-ring (bicyclic) bond motifs is 2. The molecule has 1 amide bonds. The van der Waals surface area contributed by atoms with Gasteiger partial charge in [0.25, 0.3) is 5.91 Å². The quantitative estimate of drug-likeness (QED) is 0.394. The lowest BCUT2D eigenvalue weighted by Gasteiger charge is -2.23. The van der Waals surface area contributed by atoms with Gasteiger partial charge in [-0.25, -0.2) is 0 Å². The molecule has 1 aliphatic rings. The third-order valence-corrected chi connectivity index (χ3v) is 6.31. The van der Waals surface area contributed by atoms with Gasteiger partial charge < -0.3 is 9.47 Å². The third-order valence-electron chi connectivity index (χ3n) is 6.31. The first-order chi connectivity index (χ1) is 15.6. The third kappa shape index (κ3) is 3.34. The van der Waals surface area contributed by atoms with Crippen LogP contribution in [-0.4, -0.2) is 16.8 Å². The zero-order chi connectivity index (χ0) is 22.2. The van der Waals surface area contributed by atoms with E-state index in [2.05, 4.69) is 26.0 Å². The standard InChI is InChI=1S/C28H24N2O2/c1-19-7-3-5-9-25(19)26-14-11-21(15-20(26)2)28(32)30-17-23-12-13-24(18-31)29(23)16-22-8-4-6-10-27(22)30/h3-15,18H,16-17H2,1-2H3. The van der Waals surface area contributed by atoms with Gasteiger partial charge in [0.05, 0.1) is 18.8 Å². The number of aldehydes is 1. The number of para-hydroxylation sites is 1. The molecule has 0 unspecified atom stereocenters. The van der Waals surface area contributed by atoms with E-state index < -0.39 is 0 Å². The predicted octanol–water partition coefficient (Wildman–Crippen LogP) is 5.79. The van der Waals surface area contributed by atoms with Crippen LogP contribution in [0.3, 0.4) is 0 Å². The SMILES string of the molecule is Cc1ccccc1-c1ccc(C(=O)N2Cc3ccc(C=O)n3Cc3ccccc32)cc1C. The van der Waals surface area contributed by atoms with Crippen molar-refractivity contribution < 1.29 is 9.59 Å². The van der Waals surface area contributed by atoms with E-state index in [4.69, 9.17) is 0 Å². The van der Waals surface area contributed by atoms with Gasteiger partial charge in [0, 0.05) is 16.9 Å². The van der Waals surface area contributed by atoms with Crippen LogP contribution in [0.25, 0.3) is 11.1 Å². The molecule has 0 atom stereocenters. The van der Waals surface area contributed by atoms with Gasteiger partial charge in [0.2, 0.25) is 0 Å². The molecule has 0 saturated heterocycles. The number of aryl methyl sites for hydroxylation is 2. The molecule has 0 spiro atoms. The van der Waals surface area contributed by atoms with Crippen LogP contribution in [0.15, 0.2) is 78.9 Å². The monoisotopic (exact) mass is 420 g/mol. The Bertz CT molecular complexity index is 1350. The molecule has 3 aromatic carbocycles. The van der Waals surface area contributed by atoms with Crippen LogP contribution in [0.5, 0.6) is 0 Å². The first-order valence-electron chi connectivity index (χ1n) is 10.8. The second-order valence-electron chi connectivity index (χ2n) is 8.32. The fourth-order valence-corrected chi connectivity index (χ4v) is 4.60. The zero-order valence-corrected chi connectivity index (χ0v) is 18.2. The Kier molecular flexibility index (Phi) is 4.98. The number of benzene rings is 3. The second kappa shape index (κ2) is 7.97. The lowest BCUT2D eigenvalue weighted by molar-refractivity contribution is 0.0984. The molecule has 4 nitrogen and oxygen atoms in total. The highest BCUT2D eigenvalue weighted by Gasteiger charge is 2.26. The topological polar surface area (TPSA) is 42.3 Å². The minimum Gasteiger partial charge on any atom is -0.336 e. The van der Waals surface area contributed by atoms with Crippen molar-refractivity contribution >= 4 is 17.9 Å². The Hall–Kier alpha value is -3.92. The van der Waals surface area contributed by atoms with E-state index >= 15 is 0 Å². The smallest absolute Gasteiger partial charge is 0.258 e. The van der Waals surface area contributed by atoms with Crippen molar-refractivity contribution in [3.8, 4) is 11.1 Å². The minimum atomic E-state index is -0.0424. The summed E-state index contributed by atoms with van der Waals surface area (Å²) in [6, 6.07) is 25.9. The van der Waals surface area contributed by atoms with Gasteiger partial charge in [0.1, 0.15) is 0 Å². The molecule has 2 heterocycles. The van der Waals surface area contributed by atoms with Gasteiger partial charge in [0.15, 0.2) is 6.29 Å². The number of rotatable bonds is 3. The van der Waals surface area contributed by atoms with Gasteiger partial charge in [-0.1, -0.05) is 48.5 Å². The first kappa shape index (κ1) is 20.0. The van der Waals surface area contributed by atoms with Gasteiger partial charge in [-0.2, -0.15) is 0 Å². The molecule has 0 aliphatic carbocycles. The van der Waals surface area contributed by atoms with Crippen molar-refractivity contribution in [2.45, 2.75) is 26.9 Å². The molecular weight excluding hydrogens is 396 g/mol. The highest BCUT2D eigenvalue weighted by Crippen LogP contribution is 2.32. The van der Waals surface area contributed by atoms with Crippen LogP contribution in [0.1, 0.15) is 43.2 Å². The number of amides is 1. The lowest BCUT2D eigenvalue weighted by Crippen LogP contribution is -2.30. The summed E-state index contributed by atoms with van der Waals surface area (Å²) in [4.78, 5) is 27.0. The maximum atomic E-state index is 13.7. The molecule has 4 aromatic rings. The first-order valence-corrected chi connectivity index (χ1v) is 10.8. The van der Waals surface area contributed by atoms with Crippen LogP contribution >= 0.6 is 0 Å². The highest BCUT2D eigenvalue weighted by atomic mass is 16.2. The van der Waals surface area contributed by atoms with Crippen molar-refractivity contribution in [3.05, 3.63) is 113 Å². The largest absolute Gasteiger partial charge is 0.336 e. The molecule has 5 rings (SSSR count). The van der Waals surface area contributed by atoms with Crippen LogP contribution < -0.4 is 4.90 Å². The normalized spacial score (nSPS) is 12.6.